The second-order valence-corrected chi connectivity index (χ2v) is 6.60. The van der Waals surface area contributed by atoms with Gasteiger partial charge in [0.15, 0.2) is 0 Å². The van der Waals surface area contributed by atoms with Crippen LogP contribution >= 0.6 is 0 Å². The van der Waals surface area contributed by atoms with E-state index in [1.54, 1.807) is 6.20 Å². The van der Waals surface area contributed by atoms with Crippen molar-refractivity contribution in [1.82, 2.24) is 4.98 Å². The molecule has 2 rings (SSSR count). The molecule has 1 heterocycles. The van der Waals surface area contributed by atoms with E-state index in [2.05, 4.69) is 38.7 Å². The van der Waals surface area contributed by atoms with Crippen LogP contribution in [0.1, 0.15) is 45.4 Å². The van der Waals surface area contributed by atoms with Crippen molar-refractivity contribution >= 4 is 0 Å². The van der Waals surface area contributed by atoms with Gasteiger partial charge in [0, 0.05) is 10.8 Å². The van der Waals surface area contributed by atoms with E-state index in [9.17, 15) is 0 Å². The summed E-state index contributed by atoms with van der Waals surface area (Å²) in [5.74, 6) is 0.761. The molecule has 0 unspecified atom stereocenters. The Balaban J connectivity index is 2.20. The zero-order valence-corrected chi connectivity index (χ0v) is 11.7. The third-order valence-electron chi connectivity index (χ3n) is 3.74. The average molecular weight is 244 g/mol. The summed E-state index contributed by atoms with van der Waals surface area (Å²) >= 11 is 0. The molecule has 0 bridgehead atoms. The molecule has 1 aliphatic rings. The molecule has 3 heteroatoms. The largest absolute Gasteiger partial charge is 0.488 e. The molecule has 0 aliphatic heterocycles. The number of aromatic nitrogens is 1. The fourth-order valence-corrected chi connectivity index (χ4v) is 3.47. The molecule has 0 radical (unpaired) electrons. The molecular formula is C15H20N2O. The smallest absolute Gasteiger partial charge is 0.143 e. The zero-order chi connectivity index (χ0) is 13.6. The van der Waals surface area contributed by atoms with Crippen molar-refractivity contribution in [2.24, 2.45) is 10.8 Å². The second-order valence-electron chi connectivity index (χ2n) is 6.60. The van der Waals surface area contributed by atoms with Gasteiger partial charge in [-0.05, 0) is 25.0 Å². The molecule has 1 aliphatic carbocycles. The Kier molecular flexibility index (Phi) is 2.85. The van der Waals surface area contributed by atoms with Gasteiger partial charge in [0.25, 0.3) is 0 Å². The maximum absolute atomic E-state index is 8.86. The monoisotopic (exact) mass is 244 g/mol. The summed E-state index contributed by atoms with van der Waals surface area (Å²) in [6, 6.07) is 3.97. The lowest BCUT2D eigenvalue weighted by atomic mass is 9.53. The fourth-order valence-electron chi connectivity index (χ4n) is 3.47. The highest BCUT2D eigenvalue weighted by molar-refractivity contribution is 5.35. The van der Waals surface area contributed by atoms with Gasteiger partial charge in [0.2, 0.25) is 0 Å². The minimum Gasteiger partial charge on any atom is -0.488 e. The molecule has 0 spiro atoms. The highest BCUT2D eigenvalue weighted by Crippen LogP contribution is 2.55. The van der Waals surface area contributed by atoms with Crippen LogP contribution in [0.4, 0.5) is 0 Å². The van der Waals surface area contributed by atoms with E-state index in [1.807, 2.05) is 13.0 Å². The molecule has 0 amide bonds. The third kappa shape index (κ3) is 2.08. The first-order chi connectivity index (χ1) is 8.26. The van der Waals surface area contributed by atoms with Gasteiger partial charge in [0.05, 0.1) is 6.20 Å². The number of hydrogen-bond acceptors (Lipinski definition) is 3. The van der Waals surface area contributed by atoms with Crippen molar-refractivity contribution in [3.8, 4) is 11.8 Å². The quantitative estimate of drug-likeness (QED) is 0.800. The summed E-state index contributed by atoms with van der Waals surface area (Å²) in [7, 11) is 0. The van der Waals surface area contributed by atoms with Crippen LogP contribution in [0.25, 0.3) is 0 Å². The van der Waals surface area contributed by atoms with Gasteiger partial charge in [-0.2, -0.15) is 5.26 Å². The van der Waals surface area contributed by atoms with E-state index in [-0.39, 0.29) is 16.9 Å². The van der Waals surface area contributed by atoms with Crippen molar-refractivity contribution in [3.63, 3.8) is 0 Å². The van der Waals surface area contributed by atoms with Crippen molar-refractivity contribution in [1.29, 1.82) is 5.26 Å². The first-order valence-corrected chi connectivity index (χ1v) is 6.30. The van der Waals surface area contributed by atoms with Gasteiger partial charge < -0.3 is 4.74 Å². The average Bonchev–Trinajstić information content (AvgIpc) is 2.24. The van der Waals surface area contributed by atoms with E-state index in [1.165, 1.54) is 0 Å². The maximum Gasteiger partial charge on any atom is 0.143 e. The van der Waals surface area contributed by atoms with E-state index < -0.39 is 0 Å². The summed E-state index contributed by atoms with van der Waals surface area (Å²) in [5.41, 5.74) is 1.73. The predicted molar refractivity (Wildman–Crippen MR) is 70.3 cm³/mol. The van der Waals surface area contributed by atoms with Gasteiger partial charge in [-0.15, -0.1) is 0 Å². The number of nitrogens with zero attached hydrogens (tertiary/aromatic N) is 2. The number of ether oxygens (including phenoxy) is 1. The highest BCUT2D eigenvalue weighted by Gasteiger charge is 2.54. The van der Waals surface area contributed by atoms with Crippen molar-refractivity contribution < 1.29 is 4.74 Å². The maximum atomic E-state index is 8.86. The molecule has 1 fully saturated rings. The summed E-state index contributed by atoms with van der Waals surface area (Å²) in [6.07, 6.45) is 3.00. The van der Waals surface area contributed by atoms with Gasteiger partial charge in [-0.1, -0.05) is 27.7 Å². The molecule has 0 saturated heterocycles. The normalized spacial score (nSPS) is 20.9. The summed E-state index contributed by atoms with van der Waals surface area (Å²) in [5, 5.41) is 8.86. The molecule has 3 nitrogen and oxygen atoms in total. The molecular weight excluding hydrogens is 224 g/mol. The molecule has 0 aromatic carbocycles. The third-order valence-corrected chi connectivity index (χ3v) is 3.74. The van der Waals surface area contributed by atoms with E-state index >= 15 is 0 Å². The van der Waals surface area contributed by atoms with Crippen LogP contribution < -0.4 is 4.74 Å². The Morgan fingerprint density at radius 1 is 1.33 bits per heavy atom. The number of pyridine rings is 1. The summed E-state index contributed by atoms with van der Waals surface area (Å²) in [6.45, 7) is 10.8. The lowest BCUT2D eigenvalue weighted by molar-refractivity contribution is -0.134. The Bertz CT molecular complexity index is 498. The van der Waals surface area contributed by atoms with Crippen LogP contribution in [0.2, 0.25) is 0 Å². The Labute approximate surface area is 109 Å². The van der Waals surface area contributed by atoms with Crippen molar-refractivity contribution in [3.05, 3.63) is 23.5 Å². The number of aryl methyl sites for hydroxylation is 1. The van der Waals surface area contributed by atoms with E-state index in [0.29, 0.717) is 5.69 Å². The molecule has 1 aromatic heterocycles. The van der Waals surface area contributed by atoms with Gasteiger partial charge in [0.1, 0.15) is 23.6 Å². The first-order valence-electron chi connectivity index (χ1n) is 6.30. The standard InChI is InChI=1S/C15H20N2O/c1-10-6-11(8-17-12(10)7-16)18-13-14(2,3)9-15(13,4)5/h6,8,13H,9H2,1-5H3. The number of nitriles is 1. The van der Waals surface area contributed by atoms with E-state index in [0.717, 1.165) is 17.7 Å². The van der Waals surface area contributed by atoms with Crippen LogP contribution in [-0.4, -0.2) is 11.1 Å². The van der Waals surface area contributed by atoms with Crippen LogP contribution in [0, 0.1) is 29.1 Å². The summed E-state index contributed by atoms with van der Waals surface area (Å²) in [4.78, 5) is 4.12. The Hall–Kier alpha value is -1.56. The minimum absolute atomic E-state index is 0.194. The van der Waals surface area contributed by atoms with Crippen LogP contribution in [0.15, 0.2) is 12.3 Å². The Morgan fingerprint density at radius 2 is 1.94 bits per heavy atom. The molecule has 1 aromatic rings. The summed E-state index contributed by atoms with van der Waals surface area (Å²) < 4.78 is 6.09. The molecule has 1 saturated carbocycles. The van der Waals surface area contributed by atoms with Crippen LogP contribution in [-0.2, 0) is 0 Å². The second kappa shape index (κ2) is 3.98. The molecule has 0 N–H and O–H groups in total. The minimum atomic E-state index is 0.194. The Morgan fingerprint density at radius 3 is 2.39 bits per heavy atom. The van der Waals surface area contributed by atoms with Crippen LogP contribution in [0.5, 0.6) is 5.75 Å². The fraction of sp³-hybridized carbons (Fsp3) is 0.600. The van der Waals surface area contributed by atoms with Gasteiger partial charge >= 0.3 is 0 Å². The SMILES string of the molecule is Cc1cc(OC2C(C)(C)CC2(C)C)cnc1C#N. The molecule has 0 atom stereocenters. The highest BCUT2D eigenvalue weighted by atomic mass is 16.5. The predicted octanol–water partition coefficient (Wildman–Crippen LogP) is 3.47. The topological polar surface area (TPSA) is 45.9 Å². The number of rotatable bonds is 2. The lowest BCUT2D eigenvalue weighted by Crippen LogP contribution is -2.58. The molecule has 96 valence electrons. The lowest BCUT2D eigenvalue weighted by Gasteiger charge is -2.56. The number of hydrogen-bond donors (Lipinski definition) is 0. The van der Waals surface area contributed by atoms with Crippen molar-refractivity contribution in [2.45, 2.75) is 47.1 Å². The van der Waals surface area contributed by atoms with Crippen molar-refractivity contribution in [2.75, 3.05) is 0 Å². The van der Waals surface area contributed by atoms with Gasteiger partial charge in [-0.25, -0.2) is 4.98 Å². The zero-order valence-electron chi connectivity index (χ0n) is 11.7. The molecule has 18 heavy (non-hydrogen) atoms. The van der Waals surface area contributed by atoms with E-state index in [4.69, 9.17) is 10.00 Å². The first kappa shape index (κ1) is 12.9. The van der Waals surface area contributed by atoms with Gasteiger partial charge in [-0.3, -0.25) is 0 Å². The van der Waals surface area contributed by atoms with Crippen LogP contribution in [0.3, 0.4) is 0 Å².